The molecule has 0 aliphatic carbocycles. The predicted molar refractivity (Wildman–Crippen MR) is 85.2 cm³/mol. The van der Waals surface area contributed by atoms with Gasteiger partial charge in [0, 0.05) is 22.5 Å². The van der Waals surface area contributed by atoms with Crippen LogP contribution in [-0.2, 0) is 11.2 Å². The molecule has 0 amide bonds. The molecule has 0 spiro atoms. The Hall–Kier alpha value is -0.640. The highest BCUT2D eigenvalue weighted by Gasteiger charge is 2.41. The van der Waals surface area contributed by atoms with Crippen molar-refractivity contribution >= 4 is 11.6 Å². The summed E-state index contributed by atoms with van der Waals surface area (Å²) in [5, 5.41) is 4.01. The first-order valence-electron chi connectivity index (χ1n) is 7.77. The van der Waals surface area contributed by atoms with E-state index >= 15 is 0 Å². The van der Waals surface area contributed by atoms with Crippen LogP contribution in [0.1, 0.15) is 33.3 Å². The molecule has 1 heterocycles. The smallest absolute Gasteiger partial charge is 0.127 e. The quantitative estimate of drug-likeness (QED) is 0.885. The van der Waals surface area contributed by atoms with E-state index in [-0.39, 0.29) is 24.1 Å². The molecule has 1 N–H and O–H groups in total. The first kappa shape index (κ1) is 16.7. The van der Waals surface area contributed by atoms with E-state index < -0.39 is 0 Å². The topological polar surface area (TPSA) is 21.3 Å². The van der Waals surface area contributed by atoms with E-state index in [0.717, 1.165) is 6.54 Å². The van der Waals surface area contributed by atoms with Crippen LogP contribution in [0.25, 0.3) is 0 Å². The standard InChI is InChI=1S/C17H25ClFNO/c1-5-20-16(17-10(2)11(3)21-12(17)4)9-13-14(18)7-6-8-15(13)19/h6-8,10-12,16-17,20H,5,9H2,1-4H3. The molecular weight excluding hydrogens is 289 g/mol. The summed E-state index contributed by atoms with van der Waals surface area (Å²) in [6.45, 7) is 9.36. The van der Waals surface area contributed by atoms with Crippen LogP contribution < -0.4 is 5.32 Å². The second-order valence-electron chi connectivity index (χ2n) is 6.05. The van der Waals surface area contributed by atoms with Gasteiger partial charge in [-0.3, -0.25) is 0 Å². The van der Waals surface area contributed by atoms with Gasteiger partial charge in [0.2, 0.25) is 0 Å². The zero-order valence-electron chi connectivity index (χ0n) is 13.2. The molecule has 118 valence electrons. The van der Waals surface area contributed by atoms with Gasteiger partial charge in [-0.05, 0) is 44.9 Å². The Labute approximate surface area is 132 Å². The Bertz CT molecular complexity index is 462. The Morgan fingerprint density at radius 2 is 2.00 bits per heavy atom. The summed E-state index contributed by atoms with van der Waals surface area (Å²) in [5.41, 5.74) is 0.601. The molecule has 2 rings (SSSR count). The normalized spacial score (nSPS) is 30.6. The summed E-state index contributed by atoms with van der Waals surface area (Å²) in [6, 6.07) is 5.04. The van der Waals surface area contributed by atoms with E-state index in [4.69, 9.17) is 16.3 Å². The van der Waals surface area contributed by atoms with Crippen LogP contribution in [0.5, 0.6) is 0 Å². The lowest BCUT2D eigenvalue weighted by Crippen LogP contribution is -2.43. The van der Waals surface area contributed by atoms with Crippen LogP contribution in [0.3, 0.4) is 0 Å². The van der Waals surface area contributed by atoms with E-state index in [1.54, 1.807) is 12.1 Å². The number of ether oxygens (including phenoxy) is 1. The molecule has 0 bridgehead atoms. The van der Waals surface area contributed by atoms with Gasteiger partial charge in [-0.15, -0.1) is 0 Å². The van der Waals surface area contributed by atoms with Crippen molar-refractivity contribution in [2.45, 2.75) is 52.4 Å². The lowest BCUT2D eigenvalue weighted by molar-refractivity contribution is 0.0476. The average molecular weight is 314 g/mol. The molecule has 1 saturated heterocycles. The second kappa shape index (κ2) is 7.08. The summed E-state index contributed by atoms with van der Waals surface area (Å²) in [5.74, 6) is 0.572. The molecule has 0 saturated carbocycles. The van der Waals surface area contributed by atoms with E-state index in [2.05, 4.69) is 33.0 Å². The zero-order valence-corrected chi connectivity index (χ0v) is 14.0. The molecule has 0 aromatic heterocycles. The highest BCUT2D eigenvalue weighted by atomic mass is 35.5. The molecule has 2 nitrogen and oxygen atoms in total. The first-order valence-corrected chi connectivity index (χ1v) is 8.15. The highest BCUT2D eigenvalue weighted by Crippen LogP contribution is 2.36. The maximum absolute atomic E-state index is 14.1. The third kappa shape index (κ3) is 3.58. The number of hydrogen-bond donors (Lipinski definition) is 1. The Kier molecular flexibility index (Phi) is 5.64. The molecule has 0 radical (unpaired) electrons. The average Bonchev–Trinajstić information content (AvgIpc) is 2.67. The molecule has 1 aliphatic heterocycles. The van der Waals surface area contributed by atoms with Crippen molar-refractivity contribution in [3.05, 3.63) is 34.6 Å². The van der Waals surface area contributed by atoms with Crippen molar-refractivity contribution in [2.24, 2.45) is 11.8 Å². The molecule has 4 heteroatoms. The number of nitrogens with one attached hydrogen (secondary N) is 1. The SMILES string of the molecule is CCNC(Cc1c(F)cccc1Cl)C1C(C)OC(C)C1C. The summed E-state index contributed by atoms with van der Waals surface area (Å²) >= 11 is 6.18. The fourth-order valence-corrected chi connectivity index (χ4v) is 3.78. The number of likely N-dealkylation sites (N-methyl/N-ethyl adjacent to an activating group) is 1. The first-order chi connectivity index (χ1) is 9.95. The van der Waals surface area contributed by atoms with Crippen LogP contribution in [0.2, 0.25) is 5.02 Å². The highest BCUT2D eigenvalue weighted by molar-refractivity contribution is 6.31. The van der Waals surface area contributed by atoms with E-state index in [9.17, 15) is 4.39 Å². The summed E-state index contributed by atoms with van der Waals surface area (Å²) in [7, 11) is 0. The molecule has 1 aromatic rings. The minimum absolute atomic E-state index is 0.166. The number of benzene rings is 1. The molecule has 5 unspecified atom stereocenters. The summed E-state index contributed by atoms with van der Waals surface area (Å²) in [4.78, 5) is 0. The molecule has 1 aliphatic rings. The van der Waals surface area contributed by atoms with Crippen molar-refractivity contribution in [1.29, 1.82) is 0 Å². The third-order valence-corrected chi connectivity index (χ3v) is 5.09. The van der Waals surface area contributed by atoms with Crippen LogP contribution in [0.4, 0.5) is 4.39 Å². The van der Waals surface area contributed by atoms with Gasteiger partial charge < -0.3 is 10.1 Å². The van der Waals surface area contributed by atoms with Crippen molar-refractivity contribution < 1.29 is 9.13 Å². The van der Waals surface area contributed by atoms with Crippen LogP contribution >= 0.6 is 11.6 Å². The van der Waals surface area contributed by atoms with Gasteiger partial charge in [-0.25, -0.2) is 4.39 Å². The van der Waals surface area contributed by atoms with Crippen LogP contribution in [0.15, 0.2) is 18.2 Å². The monoisotopic (exact) mass is 313 g/mol. The maximum Gasteiger partial charge on any atom is 0.127 e. The van der Waals surface area contributed by atoms with E-state index in [1.807, 2.05) is 0 Å². The van der Waals surface area contributed by atoms with Gasteiger partial charge in [0.05, 0.1) is 12.2 Å². The molecule has 21 heavy (non-hydrogen) atoms. The lowest BCUT2D eigenvalue weighted by Gasteiger charge is -2.30. The van der Waals surface area contributed by atoms with Gasteiger partial charge in [0.1, 0.15) is 5.82 Å². The van der Waals surface area contributed by atoms with Crippen molar-refractivity contribution in [3.63, 3.8) is 0 Å². The van der Waals surface area contributed by atoms with Gasteiger partial charge in [0.15, 0.2) is 0 Å². The fourth-order valence-electron chi connectivity index (χ4n) is 3.54. The Balaban J connectivity index is 2.23. The van der Waals surface area contributed by atoms with E-state index in [1.165, 1.54) is 6.07 Å². The maximum atomic E-state index is 14.1. The largest absolute Gasteiger partial charge is 0.375 e. The van der Waals surface area contributed by atoms with Crippen LogP contribution in [0, 0.1) is 17.7 Å². The van der Waals surface area contributed by atoms with Crippen molar-refractivity contribution in [1.82, 2.24) is 5.32 Å². The minimum atomic E-state index is -0.224. The second-order valence-corrected chi connectivity index (χ2v) is 6.46. The Morgan fingerprint density at radius 3 is 2.52 bits per heavy atom. The van der Waals surface area contributed by atoms with Crippen LogP contribution in [-0.4, -0.2) is 24.8 Å². The van der Waals surface area contributed by atoms with Gasteiger partial charge in [-0.2, -0.15) is 0 Å². The van der Waals surface area contributed by atoms with E-state index in [0.29, 0.717) is 28.8 Å². The molecule has 5 atom stereocenters. The predicted octanol–water partition coefficient (Wildman–Crippen LogP) is 4.06. The Morgan fingerprint density at radius 1 is 1.29 bits per heavy atom. The number of hydrogen-bond acceptors (Lipinski definition) is 2. The molecule has 1 fully saturated rings. The third-order valence-electron chi connectivity index (χ3n) is 4.74. The van der Waals surface area contributed by atoms with Crippen molar-refractivity contribution in [3.8, 4) is 0 Å². The van der Waals surface area contributed by atoms with Gasteiger partial charge in [0.25, 0.3) is 0 Å². The fraction of sp³-hybridized carbons (Fsp3) is 0.647. The summed E-state index contributed by atoms with van der Waals surface area (Å²) < 4.78 is 20.0. The minimum Gasteiger partial charge on any atom is -0.375 e. The lowest BCUT2D eigenvalue weighted by atomic mass is 9.81. The number of halogens is 2. The van der Waals surface area contributed by atoms with Gasteiger partial charge in [-0.1, -0.05) is 31.5 Å². The van der Waals surface area contributed by atoms with Crippen molar-refractivity contribution in [2.75, 3.05) is 6.54 Å². The molecule has 1 aromatic carbocycles. The number of rotatable bonds is 5. The van der Waals surface area contributed by atoms with Gasteiger partial charge >= 0.3 is 0 Å². The zero-order chi connectivity index (χ0) is 15.6. The summed E-state index contributed by atoms with van der Waals surface area (Å²) in [6.07, 6.45) is 1.00. The molecular formula is C17H25ClFNO.